The minimum absolute atomic E-state index is 0.124. The Hall–Kier alpha value is -2.11. The Morgan fingerprint density at radius 1 is 0.600 bits per heavy atom. The summed E-state index contributed by atoms with van der Waals surface area (Å²) in [7, 11) is 0. The van der Waals surface area contributed by atoms with Gasteiger partial charge in [-0.25, -0.2) is 0 Å². The molecule has 1 heterocycles. The van der Waals surface area contributed by atoms with Crippen molar-refractivity contribution >= 4 is 5.97 Å². The van der Waals surface area contributed by atoms with E-state index in [0.717, 1.165) is 83.5 Å². The fourth-order valence-electron chi connectivity index (χ4n) is 6.23. The minimum Gasteiger partial charge on any atom is -0.457 e. The van der Waals surface area contributed by atoms with Gasteiger partial charge in [0, 0.05) is 13.0 Å². The standard InChI is InChI=1S/C46H80O9/c1-3-5-7-9-11-13-15-17-19-20-21-23-25-27-29-31-33-35-42(48)54-40(39-53-46-45(51)44(50)43(49)41(37-47)55-46)38-52-36-34-32-30-28-26-24-22-18-16-14-12-10-8-6-4-2/h5,7,10-13,16-19,40-41,43-47,49-51H,3-4,6,8-9,14-15,20-39H2,1-2H3/b7-5-,12-10-,13-11-,18-16-,19-17-. The molecular weight excluding hydrogens is 696 g/mol. The number of rotatable bonds is 36. The summed E-state index contributed by atoms with van der Waals surface area (Å²) in [4.78, 5) is 12.8. The van der Waals surface area contributed by atoms with Crippen LogP contribution in [0.25, 0.3) is 0 Å². The summed E-state index contributed by atoms with van der Waals surface area (Å²) in [6, 6.07) is 0. The van der Waals surface area contributed by atoms with E-state index in [1.807, 2.05) is 0 Å². The molecule has 0 aromatic carbocycles. The van der Waals surface area contributed by atoms with Gasteiger partial charge in [-0.3, -0.25) is 4.79 Å². The Bertz CT molecular complexity index is 1020. The van der Waals surface area contributed by atoms with E-state index >= 15 is 0 Å². The quantitative estimate of drug-likeness (QED) is 0.0279. The number of carbonyl (C=O) groups is 1. The highest BCUT2D eigenvalue weighted by Gasteiger charge is 2.44. The van der Waals surface area contributed by atoms with Crippen molar-refractivity contribution in [3.8, 4) is 0 Å². The summed E-state index contributed by atoms with van der Waals surface area (Å²) < 4.78 is 22.8. The normalized spacial score (nSPS) is 21.3. The number of unbranched alkanes of at least 4 members (excludes halogenated alkanes) is 15. The fourth-order valence-corrected chi connectivity index (χ4v) is 6.23. The lowest BCUT2D eigenvalue weighted by atomic mass is 9.99. The molecule has 1 aliphatic heterocycles. The van der Waals surface area contributed by atoms with E-state index in [2.05, 4.69) is 74.6 Å². The van der Waals surface area contributed by atoms with Gasteiger partial charge in [0.15, 0.2) is 6.29 Å². The molecule has 318 valence electrons. The van der Waals surface area contributed by atoms with Crippen LogP contribution >= 0.6 is 0 Å². The first-order valence-electron chi connectivity index (χ1n) is 21.9. The van der Waals surface area contributed by atoms with Crippen LogP contribution in [0.5, 0.6) is 0 Å². The predicted molar refractivity (Wildman–Crippen MR) is 224 cm³/mol. The highest BCUT2D eigenvalue weighted by Crippen LogP contribution is 2.22. The molecule has 0 aliphatic carbocycles. The van der Waals surface area contributed by atoms with Crippen molar-refractivity contribution < 1.29 is 44.2 Å². The topological polar surface area (TPSA) is 135 Å². The van der Waals surface area contributed by atoms with Crippen LogP contribution in [0.3, 0.4) is 0 Å². The smallest absolute Gasteiger partial charge is 0.306 e. The Balaban J connectivity index is 2.30. The lowest BCUT2D eigenvalue weighted by Crippen LogP contribution is -2.59. The van der Waals surface area contributed by atoms with Gasteiger partial charge in [0.25, 0.3) is 0 Å². The molecule has 9 heteroatoms. The van der Waals surface area contributed by atoms with Crippen LogP contribution in [0.4, 0.5) is 0 Å². The molecule has 0 aromatic heterocycles. The second-order valence-corrected chi connectivity index (χ2v) is 14.8. The molecule has 4 N–H and O–H groups in total. The number of carbonyl (C=O) groups excluding carboxylic acids is 1. The molecule has 0 amide bonds. The third-order valence-corrected chi connectivity index (χ3v) is 9.67. The monoisotopic (exact) mass is 777 g/mol. The summed E-state index contributed by atoms with van der Waals surface area (Å²) in [5.41, 5.74) is 0. The zero-order chi connectivity index (χ0) is 40.0. The average molecular weight is 777 g/mol. The summed E-state index contributed by atoms with van der Waals surface area (Å²) in [6.07, 6.45) is 39.5. The fraction of sp³-hybridized carbons (Fsp3) is 0.761. The molecule has 0 bridgehead atoms. The van der Waals surface area contributed by atoms with Crippen molar-refractivity contribution in [3.05, 3.63) is 60.8 Å². The Morgan fingerprint density at radius 2 is 1.11 bits per heavy atom. The van der Waals surface area contributed by atoms with Gasteiger partial charge in [0.1, 0.15) is 30.5 Å². The number of ether oxygens (including phenoxy) is 4. The average Bonchev–Trinajstić information content (AvgIpc) is 3.18. The molecule has 1 rings (SSSR count). The zero-order valence-electron chi connectivity index (χ0n) is 34.7. The van der Waals surface area contributed by atoms with Crippen molar-refractivity contribution in [1.29, 1.82) is 0 Å². The molecule has 0 spiro atoms. The minimum atomic E-state index is -1.54. The lowest BCUT2D eigenvalue weighted by Gasteiger charge is -2.39. The van der Waals surface area contributed by atoms with E-state index in [1.54, 1.807) is 0 Å². The van der Waals surface area contributed by atoms with Gasteiger partial charge >= 0.3 is 5.97 Å². The maximum absolute atomic E-state index is 12.8. The van der Waals surface area contributed by atoms with E-state index in [-0.39, 0.29) is 19.2 Å². The maximum Gasteiger partial charge on any atom is 0.306 e. The van der Waals surface area contributed by atoms with Crippen LogP contribution in [0.15, 0.2) is 60.8 Å². The summed E-state index contributed by atoms with van der Waals surface area (Å²) in [5.74, 6) is -0.330. The number of aliphatic hydroxyl groups excluding tert-OH is 4. The maximum atomic E-state index is 12.8. The van der Waals surface area contributed by atoms with Gasteiger partial charge in [0.2, 0.25) is 0 Å². The van der Waals surface area contributed by atoms with E-state index in [9.17, 15) is 25.2 Å². The van der Waals surface area contributed by atoms with Crippen LogP contribution < -0.4 is 0 Å². The molecule has 0 aromatic rings. The number of esters is 1. The lowest BCUT2D eigenvalue weighted by molar-refractivity contribution is -0.305. The Kier molecular flexibility index (Phi) is 34.7. The van der Waals surface area contributed by atoms with Crippen LogP contribution in [-0.2, 0) is 23.7 Å². The van der Waals surface area contributed by atoms with Gasteiger partial charge in [0.05, 0.1) is 19.8 Å². The first-order valence-corrected chi connectivity index (χ1v) is 21.9. The molecule has 9 nitrogen and oxygen atoms in total. The number of hydrogen-bond acceptors (Lipinski definition) is 9. The second-order valence-electron chi connectivity index (χ2n) is 14.8. The van der Waals surface area contributed by atoms with E-state index in [1.165, 1.54) is 57.8 Å². The van der Waals surface area contributed by atoms with Crippen molar-refractivity contribution in [3.63, 3.8) is 0 Å². The van der Waals surface area contributed by atoms with Crippen LogP contribution in [0, 0.1) is 0 Å². The van der Waals surface area contributed by atoms with Crippen LogP contribution in [-0.4, -0.2) is 89.6 Å². The first-order chi connectivity index (χ1) is 26.9. The van der Waals surface area contributed by atoms with Gasteiger partial charge in [-0.2, -0.15) is 0 Å². The predicted octanol–water partition coefficient (Wildman–Crippen LogP) is 9.52. The Morgan fingerprint density at radius 3 is 1.67 bits per heavy atom. The number of aliphatic hydroxyl groups is 4. The molecular formula is C46H80O9. The zero-order valence-corrected chi connectivity index (χ0v) is 34.7. The Labute approximate surface area is 335 Å². The van der Waals surface area contributed by atoms with Crippen molar-refractivity contribution in [1.82, 2.24) is 0 Å². The van der Waals surface area contributed by atoms with Crippen molar-refractivity contribution in [2.75, 3.05) is 26.4 Å². The van der Waals surface area contributed by atoms with E-state index in [4.69, 9.17) is 18.9 Å². The molecule has 0 radical (unpaired) electrons. The highest BCUT2D eigenvalue weighted by atomic mass is 16.7. The molecule has 6 atom stereocenters. The molecule has 1 aliphatic rings. The van der Waals surface area contributed by atoms with Gasteiger partial charge < -0.3 is 39.4 Å². The third-order valence-electron chi connectivity index (χ3n) is 9.67. The second kappa shape index (κ2) is 37.5. The first kappa shape index (κ1) is 50.9. The van der Waals surface area contributed by atoms with E-state index in [0.29, 0.717) is 13.0 Å². The van der Waals surface area contributed by atoms with Crippen molar-refractivity contribution in [2.45, 2.75) is 198 Å². The number of allylic oxidation sites excluding steroid dienone is 10. The van der Waals surface area contributed by atoms with E-state index < -0.39 is 43.4 Å². The highest BCUT2D eigenvalue weighted by molar-refractivity contribution is 5.69. The third kappa shape index (κ3) is 28.9. The molecule has 55 heavy (non-hydrogen) atoms. The summed E-state index contributed by atoms with van der Waals surface area (Å²) in [5, 5.41) is 40.1. The van der Waals surface area contributed by atoms with Crippen LogP contribution in [0.1, 0.15) is 162 Å². The number of hydrogen-bond donors (Lipinski definition) is 4. The van der Waals surface area contributed by atoms with Gasteiger partial charge in [-0.15, -0.1) is 0 Å². The molecule has 0 saturated carbocycles. The molecule has 1 saturated heterocycles. The van der Waals surface area contributed by atoms with Gasteiger partial charge in [-0.05, 0) is 70.6 Å². The summed E-state index contributed by atoms with van der Waals surface area (Å²) >= 11 is 0. The SMILES string of the molecule is CC/C=C\C/C=C\C/C=C\CCCCCCCCCC(=O)OC(COCCCCCCCC/C=C\C/C=C\CCCC)COC1OC(CO)C(O)C(O)C1O. The van der Waals surface area contributed by atoms with Gasteiger partial charge in [-0.1, -0.05) is 145 Å². The molecule has 1 fully saturated rings. The van der Waals surface area contributed by atoms with Crippen LogP contribution in [0.2, 0.25) is 0 Å². The van der Waals surface area contributed by atoms with Crippen molar-refractivity contribution in [2.24, 2.45) is 0 Å². The summed E-state index contributed by atoms with van der Waals surface area (Å²) in [6.45, 7) is 4.36. The largest absolute Gasteiger partial charge is 0.457 e. The molecule has 6 unspecified atom stereocenters.